The Morgan fingerprint density at radius 1 is 0.449 bits per heavy atom. The molecule has 0 aliphatic carbocycles. The third kappa shape index (κ3) is 35.1. The van der Waals surface area contributed by atoms with Gasteiger partial charge in [-0.25, -0.2) is 0 Å². The second-order valence-electron chi connectivity index (χ2n) is 15.3. The van der Waals surface area contributed by atoms with Crippen molar-refractivity contribution >= 4 is 11.9 Å². The van der Waals surface area contributed by atoms with Gasteiger partial charge >= 0.3 is 11.9 Å². The smallest absolute Gasteiger partial charge is 0.306 e. The minimum Gasteiger partial charge on any atom is -0.465 e. The van der Waals surface area contributed by atoms with Gasteiger partial charge in [0.25, 0.3) is 0 Å². The lowest BCUT2D eigenvalue weighted by atomic mass is 10.0. The van der Waals surface area contributed by atoms with Crippen molar-refractivity contribution in [1.29, 1.82) is 0 Å². The molecule has 0 aromatic carbocycles. The van der Waals surface area contributed by atoms with E-state index in [4.69, 9.17) is 9.47 Å². The highest BCUT2D eigenvalue weighted by Crippen LogP contribution is 2.19. The Balaban J connectivity index is 3.89. The summed E-state index contributed by atoms with van der Waals surface area (Å²) >= 11 is 0. The first-order valence-electron chi connectivity index (χ1n) is 22.0. The zero-order valence-corrected chi connectivity index (χ0v) is 33.6. The highest BCUT2D eigenvalue weighted by Gasteiger charge is 2.14. The third-order valence-corrected chi connectivity index (χ3v) is 10.4. The molecule has 5 nitrogen and oxygen atoms in total. The monoisotopic (exact) mass is 695 g/mol. The Labute approximate surface area is 306 Å². The van der Waals surface area contributed by atoms with E-state index < -0.39 is 0 Å². The zero-order valence-electron chi connectivity index (χ0n) is 33.6. The summed E-state index contributed by atoms with van der Waals surface area (Å²) in [5.74, 6) is 0.521. The lowest BCUT2D eigenvalue weighted by Gasteiger charge is -2.18. The number of aliphatic hydroxyl groups excluding tert-OH is 1. The van der Waals surface area contributed by atoms with Gasteiger partial charge in [0.1, 0.15) is 6.10 Å². The summed E-state index contributed by atoms with van der Waals surface area (Å²) in [6, 6.07) is 0. The summed E-state index contributed by atoms with van der Waals surface area (Å²) in [5.41, 5.74) is 0. The van der Waals surface area contributed by atoms with Crippen LogP contribution in [0.4, 0.5) is 0 Å². The molecular formula is C44H86O5. The summed E-state index contributed by atoms with van der Waals surface area (Å²) in [6.07, 6.45) is 38.5. The molecule has 49 heavy (non-hydrogen) atoms. The Morgan fingerprint density at radius 2 is 0.837 bits per heavy atom. The standard InChI is InChI=1S/C44H86O5/c1-5-9-12-26-33-41(45)34-27-22-18-14-16-21-25-31-38-44(47)49-42(35-28-13-10-6-2)36-29-23-19-15-17-20-24-30-37-43(46)48-39-40(8-4)32-11-7-3/h40-42,45H,5-39H2,1-4H3. The molecule has 1 N–H and O–H groups in total. The molecule has 5 heteroatoms. The number of hydrogen-bond acceptors (Lipinski definition) is 5. The van der Waals surface area contributed by atoms with E-state index in [1.54, 1.807) is 0 Å². The van der Waals surface area contributed by atoms with Gasteiger partial charge in [0.05, 0.1) is 12.7 Å². The van der Waals surface area contributed by atoms with Crippen LogP contribution in [0.25, 0.3) is 0 Å². The van der Waals surface area contributed by atoms with Gasteiger partial charge in [0, 0.05) is 12.8 Å². The van der Waals surface area contributed by atoms with Crippen LogP contribution < -0.4 is 0 Å². The molecule has 0 aromatic heterocycles. The van der Waals surface area contributed by atoms with Crippen molar-refractivity contribution in [3.05, 3.63) is 0 Å². The molecule has 3 atom stereocenters. The van der Waals surface area contributed by atoms with E-state index >= 15 is 0 Å². The molecule has 0 aliphatic rings. The van der Waals surface area contributed by atoms with E-state index in [-0.39, 0.29) is 24.1 Å². The van der Waals surface area contributed by atoms with Crippen molar-refractivity contribution in [3.63, 3.8) is 0 Å². The molecule has 0 fully saturated rings. The fraction of sp³-hybridized carbons (Fsp3) is 0.955. The number of unbranched alkanes of at least 4 members (excludes halogenated alkanes) is 21. The molecule has 0 amide bonds. The second kappa shape index (κ2) is 38.1. The van der Waals surface area contributed by atoms with Crippen LogP contribution >= 0.6 is 0 Å². The van der Waals surface area contributed by atoms with E-state index in [0.717, 1.165) is 77.0 Å². The molecule has 0 saturated carbocycles. The number of carbonyl (C=O) groups excluding carboxylic acids is 2. The van der Waals surface area contributed by atoms with Crippen LogP contribution in [0.3, 0.4) is 0 Å². The minimum atomic E-state index is -0.0943. The highest BCUT2D eigenvalue weighted by atomic mass is 16.5. The van der Waals surface area contributed by atoms with Gasteiger partial charge in [-0.2, -0.15) is 0 Å². The summed E-state index contributed by atoms with van der Waals surface area (Å²) in [4.78, 5) is 24.7. The molecule has 0 radical (unpaired) electrons. The first-order valence-corrected chi connectivity index (χ1v) is 22.0. The van der Waals surface area contributed by atoms with Crippen molar-refractivity contribution < 1.29 is 24.2 Å². The summed E-state index contributed by atoms with van der Waals surface area (Å²) in [7, 11) is 0. The number of esters is 2. The highest BCUT2D eigenvalue weighted by molar-refractivity contribution is 5.69. The lowest BCUT2D eigenvalue weighted by molar-refractivity contribution is -0.150. The second-order valence-corrected chi connectivity index (χ2v) is 15.3. The quantitative estimate of drug-likeness (QED) is 0.0512. The van der Waals surface area contributed by atoms with Crippen LogP contribution in [0.1, 0.15) is 246 Å². The van der Waals surface area contributed by atoms with Gasteiger partial charge in [0.15, 0.2) is 0 Å². The van der Waals surface area contributed by atoms with Crippen molar-refractivity contribution in [2.24, 2.45) is 5.92 Å². The third-order valence-electron chi connectivity index (χ3n) is 10.4. The van der Waals surface area contributed by atoms with Crippen molar-refractivity contribution in [1.82, 2.24) is 0 Å². The Bertz CT molecular complexity index is 695. The predicted molar refractivity (Wildman–Crippen MR) is 210 cm³/mol. The van der Waals surface area contributed by atoms with Gasteiger partial charge in [-0.15, -0.1) is 0 Å². The number of ether oxygens (including phenoxy) is 2. The Kier molecular flexibility index (Phi) is 37.3. The van der Waals surface area contributed by atoms with Crippen molar-refractivity contribution in [2.45, 2.75) is 258 Å². The van der Waals surface area contributed by atoms with Gasteiger partial charge < -0.3 is 14.6 Å². The number of rotatable bonds is 39. The van der Waals surface area contributed by atoms with Crippen molar-refractivity contribution in [3.8, 4) is 0 Å². The van der Waals surface area contributed by atoms with E-state index in [1.807, 2.05) is 0 Å². The summed E-state index contributed by atoms with van der Waals surface area (Å²) in [6.45, 7) is 9.47. The van der Waals surface area contributed by atoms with Crippen LogP contribution in [-0.4, -0.2) is 35.9 Å². The van der Waals surface area contributed by atoms with Gasteiger partial charge in [-0.1, -0.05) is 175 Å². The van der Waals surface area contributed by atoms with Crippen LogP contribution in [0, 0.1) is 5.92 Å². The van der Waals surface area contributed by atoms with Crippen LogP contribution in [-0.2, 0) is 19.1 Å². The summed E-state index contributed by atoms with van der Waals surface area (Å²) in [5, 5.41) is 10.1. The average molecular weight is 695 g/mol. The van der Waals surface area contributed by atoms with E-state index in [9.17, 15) is 14.7 Å². The van der Waals surface area contributed by atoms with Crippen LogP contribution in [0.5, 0.6) is 0 Å². The SMILES string of the molecule is CCCCCCC(O)CCCCCCCCCCC(=O)OC(CCCCCC)CCCCCCCCCCC(=O)OCC(CC)CCCC. The van der Waals surface area contributed by atoms with Gasteiger partial charge in [-0.3, -0.25) is 9.59 Å². The molecular weight excluding hydrogens is 608 g/mol. The largest absolute Gasteiger partial charge is 0.465 e. The van der Waals surface area contributed by atoms with Gasteiger partial charge in [0.2, 0.25) is 0 Å². The molecule has 0 aliphatic heterocycles. The number of carbonyl (C=O) groups is 2. The Hall–Kier alpha value is -1.10. The van der Waals surface area contributed by atoms with E-state index in [2.05, 4.69) is 27.7 Å². The fourth-order valence-electron chi connectivity index (χ4n) is 6.85. The lowest BCUT2D eigenvalue weighted by Crippen LogP contribution is -2.18. The fourth-order valence-corrected chi connectivity index (χ4v) is 6.85. The number of aliphatic hydroxyl groups is 1. The minimum absolute atomic E-state index is 0.0132. The molecule has 0 rings (SSSR count). The topological polar surface area (TPSA) is 72.8 Å². The first-order chi connectivity index (χ1) is 24.0. The normalized spacial score (nSPS) is 13.3. The van der Waals surface area contributed by atoms with Crippen LogP contribution in [0.15, 0.2) is 0 Å². The molecule has 0 spiro atoms. The zero-order chi connectivity index (χ0) is 36.0. The first kappa shape index (κ1) is 47.9. The summed E-state index contributed by atoms with van der Waals surface area (Å²) < 4.78 is 11.5. The maximum atomic E-state index is 12.7. The Morgan fingerprint density at radius 3 is 1.29 bits per heavy atom. The van der Waals surface area contributed by atoms with Gasteiger partial charge in [-0.05, 0) is 63.7 Å². The molecule has 0 saturated heterocycles. The average Bonchev–Trinajstić information content (AvgIpc) is 3.10. The molecule has 0 aromatic rings. The van der Waals surface area contributed by atoms with Crippen LogP contribution in [0.2, 0.25) is 0 Å². The maximum Gasteiger partial charge on any atom is 0.306 e. The molecule has 292 valence electrons. The molecule has 0 heterocycles. The van der Waals surface area contributed by atoms with E-state index in [0.29, 0.717) is 25.4 Å². The predicted octanol–water partition coefficient (Wildman–Crippen LogP) is 13.8. The molecule has 3 unspecified atom stereocenters. The number of hydrogen-bond donors (Lipinski definition) is 1. The van der Waals surface area contributed by atoms with E-state index in [1.165, 1.54) is 128 Å². The maximum absolute atomic E-state index is 12.7. The van der Waals surface area contributed by atoms with Crippen molar-refractivity contribution in [2.75, 3.05) is 6.61 Å². The molecule has 0 bridgehead atoms.